The first-order chi connectivity index (χ1) is 10.0. The van der Waals surface area contributed by atoms with Crippen LogP contribution in [0.5, 0.6) is 5.75 Å². The van der Waals surface area contributed by atoms with Gasteiger partial charge >= 0.3 is 0 Å². The maximum atomic E-state index is 5.85. The maximum Gasteiger partial charge on any atom is 0.122 e. The van der Waals surface area contributed by atoms with Gasteiger partial charge in [0, 0.05) is 10.4 Å². The number of hydrogen-bond acceptors (Lipinski definition) is 3. The molecule has 0 saturated carbocycles. The molecule has 2 nitrogen and oxygen atoms in total. The van der Waals surface area contributed by atoms with Crippen LogP contribution >= 0.6 is 11.3 Å². The molecule has 0 radical (unpaired) electrons. The van der Waals surface area contributed by atoms with Crippen LogP contribution in [0.1, 0.15) is 42.6 Å². The van der Waals surface area contributed by atoms with E-state index in [-0.39, 0.29) is 0 Å². The number of aromatic nitrogens is 1. The Morgan fingerprint density at radius 2 is 2.00 bits per heavy atom. The van der Waals surface area contributed by atoms with Crippen LogP contribution in [-0.4, -0.2) is 11.6 Å². The molecule has 2 rings (SSSR count). The van der Waals surface area contributed by atoms with Gasteiger partial charge in [-0.05, 0) is 44.2 Å². The van der Waals surface area contributed by atoms with Crippen molar-refractivity contribution in [3.05, 3.63) is 33.6 Å². The van der Waals surface area contributed by atoms with Gasteiger partial charge in [-0.3, -0.25) is 0 Å². The summed E-state index contributed by atoms with van der Waals surface area (Å²) < 4.78 is 5.85. The van der Waals surface area contributed by atoms with Crippen molar-refractivity contribution < 1.29 is 4.74 Å². The molecule has 114 valence electrons. The molecule has 3 heteroatoms. The van der Waals surface area contributed by atoms with E-state index < -0.39 is 0 Å². The van der Waals surface area contributed by atoms with Gasteiger partial charge in [0.2, 0.25) is 0 Å². The van der Waals surface area contributed by atoms with Gasteiger partial charge in [0.05, 0.1) is 17.3 Å². The lowest BCUT2D eigenvalue weighted by Crippen LogP contribution is -1.98. The van der Waals surface area contributed by atoms with Crippen molar-refractivity contribution in [3.8, 4) is 17.0 Å². The minimum absolute atomic E-state index is 0.643. The van der Waals surface area contributed by atoms with Gasteiger partial charge in [0.25, 0.3) is 0 Å². The first-order valence-corrected chi connectivity index (χ1v) is 8.53. The Labute approximate surface area is 132 Å². The van der Waals surface area contributed by atoms with E-state index in [1.165, 1.54) is 16.0 Å². The van der Waals surface area contributed by atoms with Gasteiger partial charge in [-0.2, -0.15) is 0 Å². The second-order valence-corrected chi connectivity index (χ2v) is 7.22. The molecule has 0 amide bonds. The Kier molecular flexibility index (Phi) is 5.40. The summed E-state index contributed by atoms with van der Waals surface area (Å²) in [4.78, 5) is 6.13. The van der Waals surface area contributed by atoms with Crippen molar-refractivity contribution in [3.63, 3.8) is 0 Å². The number of nitrogens with zero attached hydrogens (tertiary/aromatic N) is 1. The van der Waals surface area contributed by atoms with Crippen LogP contribution in [0.15, 0.2) is 18.2 Å². The highest BCUT2D eigenvalue weighted by molar-refractivity contribution is 7.12. The molecule has 0 saturated heterocycles. The highest BCUT2D eigenvalue weighted by Crippen LogP contribution is 2.33. The largest absolute Gasteiger partial charge is 0.493 e. The zero-order chi connectivity index (χ0) is 15.4. The summed E-state index contributed by atoms with van der Waals surface area (Å²) in [5.41, 5.74) is 3.49. The number of hydrogen-bond donors (Lipinski definition) is 0. The Balaban J connectivity index is 2.37. The highest BCUT2D eigenvalue weighted by atomic mass is 32.1. The van der Waals surface area contributed by atoms with Crippen LogP contribution in [0.2, 0.25) is 0 Å². The van der Waals surface area contributed by atoms with E-state index >= 15 is 0 Å². The molecule has 0 aliphatic carbocycles. The molecule has 1 heterocycles. The number of benzene rings is 1. The van der Waals surface area contributed by atoms with E-state index in [0.29, 0.717) is 5.92 Å². The van der Waals surface area contributed by atoms with E-state index in [4.69, 9.17) is 9.72 Å². The zero-order valence-electron chi connectivity index (χ0n) is 13.7. The summed E-state index contributed by atoms with van der Waals surface area (Å²) in [6.45, 7) is 11.6. The Morgan fingerprint density at radius 1 is 1.24 bits per heavy atom. The van der Waals surface area contributed by atoms with E-state index in [2.05, 4.69) is 52.8 Å². The molecule has 0 aliphatic heterocycles. The lowest BCUT2D eigenvalue weighted by Gasteiger charge is -2.11. The molecule has 0 N–H and O–H groups in total. The number of aryl methyl sites for hydroxylation is 2. The van der Waals surface area contributed by atoms with E-state index in [1.54, 1.807) is 0 Å². The van der Waals surface area contributed by atoms with E-state index in [1.807, 2.05) is 11.3 Å². The molecule has 21 heavy (non-hydrogen) atoms. The molecule has 0 bridgehead atoms. The molecule has 0 aliphatic rings. The van der Waals surface area contributed by atoms with Crippen LogP contribution < -0.4 is 4.74 Å². The average Bonchev–Trinajstić information content (AvgIpc) is 2.78. The molecule has 0 unspecified atom stereocenters. The topological polar surface area (TPSA) is 22.1 Å². The van der Waals surface area contributed by atoms with Gasteiger partial charge in [-0.15, -0.1) is 11.3 Å². The van der Waals surface area contributed by atoms with Gasteiger partial charge in [0.15, 0.2) is 0 Å². The molecule has 1 aromatic carbocycles. The molecule has 1 aromatic heterocycles. The third kappa shape index (κ3) is 4.07. The SMILES string of the molecule is CCCOc1cc(-c2nc(C)sc2CC(C)C)ccc1C. The Hall–Kier alpha value is -1.35. The smallest absolute Gasteiger partial charge is 0.122 e. The standard InChI is InChI=1S/C18H25NOS/c1-6-9-20-16-11-15(8-7-13(16)4)18-17(10-12(2)3)21-14(5)19-18/h7-8,11-12H,6,9-10H2,1-5H3. The Bertz CT molecular complexity index is 601. The van der Waals surface area contributed by atoms with Crippen molar-refractivity contribution in [2.75, 3.05) is 6.61 Å². The normalized spacial score (nSPS) is 11.1. The second kappa shape index (κ2) is 7.08. The molecule has 0 fully saturated rings. The van der Waals surface area contributed by atoms with E-state index in [0.717, 1.165) is 35.9 Å². The van der Waals surface area contributed by atoms with Crippen LogP contribution in [-0.2, 0) is 6.42 Å². The van der Waals surface area contributed by atoms with Crippen molar-refractivity contribution in [2.45, 2.75) is 47.5 Å². The monoisotopic (exact) mass is 303 g/mol. The predicted octanol–water partition coefficient (Wildman–Crippen LogP) is 5.41. The van der Waals surface area contributed by atoms with Crippen molar-refractivity contribution in [1.29, 1.82) is 0 Å². The quantitative estimate of drug-likeness (QED) is 0.711. The lowest BCUT2D eigenvalue weighted by molar-refractivity contribution is 0.315. The third-order valence-corrected chi connectivity index (χ3v) is 4.31. The van der Waals surface area contributed by atoms with Gasteiger partial charge in [0.1, 0.15) is 5.75 Å². The fourth-order valence-electron chi connectivity index (χ4n) is 2.32. The van der Waals surface area contributed by atoms with Gasteiger partial charge in [-0.25, -0.2) is 4.98 Å². The van der Waals surface area contributed by atoms with Crippen molar-refractivity contribution in [1.82, 2.24) is 4.98 Å². The van der Waals surface area contributed by atoms with Crippen LogP contribution in [0.3, 0.4) is 0 Å². The third-order valence-electron chi connectivity index (χ3n) is 3.32. The van der Waals surface area contributed by atoms with Gasteiger partial charge < -0.3 is 4.74 Å². The summed E-state index contributed by atoms with van der Waals surface area (Å²) >= 11 is 1.81. The minimum atomic E-state index is 0.643. The molecular formula is C18H25NOS. The zero-order valence-corrected chi connectivity index (χ0v) is 14.5. The van der Waals surface area contributed by atoms with Gasteiger partial charge in [-0.1, -0.05) is 32.9 Å². The predicted molar refractivity (Wildman–Crippen MR) is 91.4 cm³/mol. The molecule has 2 aromatic rings. The first kappa shape index (κ1) is 16.0. The van der Waals surface area contributed by atoms with Crippen molar-refractivity contribution in [2.24, 2.45) is 5.92 Å². The van der Waals surface area contributed by atoms with Crippen LogP contribution in [0, 0.1) is 19.8 Å². The van der Waals surface area contributed by atoms with Crippen LogP contribution in [0.4, 0.5) is 0 Å². The number of thiazole rings is 1. The molecule has 0 spiro atoms. The fraction of sp³-hybridized carbons (Fsp3) is 0.500. The maximum absolute atomic E-state index is 5.85. The lowest BCUT2D eigenvalue weighted by atomic mass is 10.0. The molecular weight excluding hydrogens is 278 g/mol. The fourth-order valence-corrected chi connectivity index (χ4v) is 3.49. The summed E-state index contributed by atoms with van der Waals surface area (Å²) in [5.74, 6) is 1.63. The summed E-state index contributed by atoms with van der Waals surface area (Å²) in [6, 6.07) is 6.43. The summed E-state index contributed by atoms with van der Waals surface area (Å²) in [7, 11) is 0. The average molecular weight is 303 g/mol. The summed E-state index contributed by atoms with van der Waals surface area (Å²) in [5, 5.41) is 1.14. The summed E-state index contributed by atoms with van der Waals surface area (Å²) in [6.07, 6.45) is 2.11. The number of rotatable bonds is 6. The Morgan fingerprint density at radius 3 is 2.67 bits per heavy atom. The van der Waals surface area contributed by atoms with E-state index in [9.17, 15) is 0 Å². The van der Waals surface area contributed by atoms with Crippen molar-refractivity contribution >= 4 is 11.3 Å². The van der Waals surface area contributed by atoms with Crippen LogP contribution in [0.25, 0.3) is 11.3 Å². The minimum Gasteiger partial charge on any atom is -0.493 e. The molecule has 0 atom stereocenters. The first-order valence-electron chi connectivity index (χ1n) is 7.71. The number of ether oxygens (including phenoxy) is 1. The second-order valence-electron chi connectivity index (χ2n) is 5.93. The highest BCUT2D eigenvalue weighted by Gasteiger charge is 2.14.